The number of anilines is 1. The van der Waals surface area contributed by atoms with E-state index in [9.17, 15) is 13.2 Å². The van der Waals surface area contributed by atoms with Crippen molar-refractivity contribution in [3.05, 3.63) is 18.2 Å². The Hall–Kier alpha value is -1.68. The van der Waals surface area contributed by atoms with Gasteiger partial charge in [-0.05, 0) is 43.1 Å². The summed E-state index contributed by atoms with van der Waals surface area (Å²) >= 11 is 0. The third-order valence-electron chi connectivity index (χ3n) is 4.70. The fourth-order valence-electron chi connectivity index (χ4n) is 2.98. The van der Waals surface area contributed by atoms with Crippen LogP contribution in [-0.4, -0.2) is 70.9 Å². The highest BCUT2D eigenvalue weighted by Gasteiger charge is 2.33. The maximum Gasteiger partial charge on any atom is 0.246 e. The molecule has 26 heavy (non-hydrogen) atoms. The highest BCUT2D eigenvalue weighted by molar-refractivity contribution is 7.89. The van der Waals surface area contributed by atoms with Crippen LogP contribution in [0.25, 0.3) is 0 Å². The molecule has 0 radical (unpaired) electrons. The molecule has 0 bridgehead atoms. The number of ether oxygens (including phenoxy) is 1. The number of sulfonamides is 1. The smallest absolute Gasteiger partial charge is 0.246 e. The zero-order chi connectivity index (χ0) is 19.5. The predicted molar refractivity (Wildman–Crippen MR) is 101 cm³/mol. The first-order valence-electron chi connectivity index (χ1n) is 8.44. The Morgan fingerprint density at radius 3 is 2.65 bits per heavy atom. The van der Waals surface area contributed by atoms with Gasteiger partial charge in [0.05, 0.1) is 13.7 Å². The van der Waals surface area contributed by atoms with Crippen LogP contribution in [0.2, 0.25) is 0 Å². The fraction of sp³-hybridized carbons (Fsp3) is 0.588. The molecule has 3 N–H and O–H groups in total. The number of methoxy groups -OCH3 is 1. The minimum Gasteiger partial charge on any atom is -0.495 e. The van der Waals surface area contributed by atoms with Crippen molar-refractivity contribution in [3.8, 4) is 5.75 Å². The number of benzene rings is 1. The van der Waals surface area contributed by atoms with Gasteiger partial charge < -0.3 is 15.8 Å². The molecule has 1 amide bonds. The quantitative estimate of drug-likeness (QED) is 0.711. The lowest BCUT2D eigenvalue weighted by Crippen LogP contribution is -2.35. The number of nitrogens with zero attached hydrogens (tertiary/aromatic N) is 2. The second kappa shape index (κ2) is 7.91. The van der Waals surface area contributed by atoms with E-state index in [2.05, 4.69) is 17.1 Å². The summed E-state index contributed by atoms with van der Waals surface area (Å²) in [5.74, 6) is 0.0413. The Kier molecular flexibility index (Phi) is 6.28. The van der Waals surface area contributed by atoms with Gasteiger partial charge in [-0.15, -0.1) is 0 Å². The van der Waals surface area contributed by atoms with E-state index in [-0.39, 0.29) is 28.5 Å². The van der Waals surface area contributed by atoms with Crippen molar-refractivity contribution < 1.29 is 17.9 Å². The molecule has 1 heterocycles. The van der Waals surface area contributed by atoms with Crippen molar-refractivity contribution >= 4 is 21.6 Å². The highest BCUT2D eigenvalue weighted by atomic mass is 32.2. The number of hydrogen-bond donors (Lipinski definition) is 2. The lowest BCUT2D eigenvalue weighted by Gasteiger charge is -2.22. The molecule has 9 heteroatoms. The molecule has 1 aliphatic rings. The van der Waals surface area contributed by atoms with E-state index < -0.39 is 10.0 Å². The average molecular weight is 385 g/mol. The Morgan fingerprint density at radius 1 is 1.42 bits per heavy atom. The summed E-state index contributed by atoms with van der Waals surface area (Å²) in [4.78, 5) is 14.4. The van der Waals surface area contributed by atoms with Crippen LogP contribution >= 0.6 is 0 Å². The summed E-state index contributed by atoms with van der Waals surface area (Å²) in [6.07, 6.45) is 0.963. The Morgan fingerprint density at radius 2 is 2.12 bits per heavy atom. The van der Waals surface area contributed by atoms with Crippen molar-refractivity contribution in [3.63, 3.8) is 0 Å². The molecule has 0 aliphatic carbocycles. The number of rotatable bonds is 7. The van der Waals surface area contributed by atoms with Gasteiger partial charge in [0.2, 0.25) is 15.9 Å². The van der Waals surface area contributed by atoms with Gasteiger partial charge in [-0.3, -0.25) is 9.69 Å². The molecule has 2 rings (SSSR count). The molecule has 1 atom stereocenters. The van der Waals surface area contributed by atoms with Crippen LogP contribution in [0, 0.1) is 5.41 Å². The first-order valence-corrected chi connectivity index (χ1v) is 9.88. The molecule has 1 fully saturated rings. The second-order valence-corrected chi connectivity index (χ2v) is 9.30. The zero-order valence-electron chi connectivity index (χ0n) is 15.8. The van der Waals surface area contributed by atoms with Gasteiger partial charge in [0.15, 0.2) is 0 Å². The predicted octanol–water partition coefficient (Wildman–Crippen LogP) is 0.555. The number of amides is 1. The van der Waals surface area contributed by atoms with E-state index in [1.165, 1.54) is 33.3 Å². The van der Waals surface area contributed by atoms with E-state index >= 15 is 0 Å². The largest absolute Gasteiger partial charge is 0.495 e. The molecule has 8 nitrogen and oxygen atoms in total. The Balaban J connectivity index is 2.11. The third-order valence-corrected chi connectivity index (χ3v) is 6.54. The summed E-state index contributed by atoms with van der Waals surface area (Å²) in [6, 6.07) is 4.58. The summed E-state index contributed by atoms with van der Waals surface area (Å²) in [5.41, 5.74) is 6.26. The standard InChI is InChI=1S/C17H28N4O4S/c1-17(11-18)7-8-21(12-17)10-16(22)19-13-5-6-14(25-4)15(9-13)26(23,24)20(2)3/h5-6,9H,7-8,10-12,18H2,1-4H3,(H,19,22). The molecule has 1 saturated heterocycles. The Labute approximate surface area is 155 Å². The van der Waals surface area contributed by atoms with Gasteiger partial charge in [0.1, 0.15) is 10.6 Å². The topological polar surface area (TPSA) is 105 Å². The van der Waals surface area contributed by atoms with Gasteiger partial charge in [0.25, 0.3) is 0 Å². The summed E-state index contributed by atoms with van der Waals surface area (Å²) in [5, 5.41) is 2.77. The molecule has 146 valence electrons. The van der Waals surface area contributed by atoms with E-state index in [0.29, 0.717) is 12.2 Å². The molecular formula is C17H28N4O4S. The van der Waals surface area contributed by atoms with Gasteiger partial charge in [-0.1, -0.05) is 6.92 Å². The van der Waals surface area contributed by atoms with Gasteiger partial charge in [-0.2, -0.15) is 0 Å². The maximum absolute atomic E-state index is 12.4. The van der Waals surface area contributed by atoms with Crippen molar-refractivity contribution in [2.75, 3.05) is 52.7 Å². The number of nitrogens with two attached hydrogens (primary N) is 1. The molecule has 0 aromatic heterocycles. The van der Waals surface area contributed by atoms with Crippen LogP contribution in [0.1, 0.15) is 13.3 Å². The summed E-state index contributed by atoms with van der Waals surface area (Å²) < 4.78 is 31.1. The fourth-order valence-corrected chi connectivity index (χ4v) is 4.06. The molecule has 1 unspecified atom stereocenters. The van der Waals surface area contributed by atoms with Crippen molar-refractivity contribution in [1.82, 2.24) is 9.21 Å². The normalized spacial score (nSPS) is 21.2. The van der Waals surface area contributed by atoms with Crippen molar-refractivity contribution in [2.45, 2.75) is 18.2 Å². The van der Waals surface area contributed by atoms with E-state index in [1.54, 1.807) is 6.07 Å². The van der Waals surface area contributed by atoms with Crippen LogP contribution in [0.4, 0.5) is 5.69 Å². The molecule has 1 aromatic carbocycles. The summed E-state index contributed by atoms with van der Waals surface area (Å²) in [7, 11) is 0.613. The molecule has 0 saturated carbocycles. The maximum atomic E-state index is 12.4. The number of carbonyl (C=O) groups is 1. The van der Waals surface area contributed by atoms with Crippen molar-refractivity contribution in [2.24, 2.45) is 11.1 Å². The number of hydrogen-bond acceptors (Lipinski definition) is 6. The van der Waals surface area contributed by atoms with Crippen LogP contribution in [0.15, 0.2) is 23.1 Å². The van der Waals surface area contributed by atoms with Crippen LogP contribution in [0.5, 0.6) is 5.75 Å². The second-order valence-electron chi connectivity index (χ2n) is 7.18. The van der Waals surface area contributed by atoms with Gasteiger partial charge >= 0.3 is 0 Å². The zero-order valence-corrected chi connectivity index (χ0v) is 16.6. The number of carbonyl (C=O) groups excluding carboxylic acids is 1. The molecular weight excluding hydrogens is 356 g/mol. The van der Waals surface area contributed by atoms with Crippen LogP contribution in [0.3, 0.4) is 0 Å². The monoisotopic (exact) mass is 384 g/mol. The van der Waals surface area contributed by atoms with Crippen LogP contribution < -0.4 is 15.8 Å². The highest BCUT2D eigenvalue weighted by Crippen LogP contribution is 2.30. The van der Waals surface area contributed by atoms with E-state index in [1.807, 2.05) is 0 Å². The Bertz CT molecular complexity index is 766. The first-order chi connectivity index (χ1) is 12.1. The van der Waals surface area contributed by atoms with Gasteiger partial charge in [-0.25, -0.2) is 12.7 Å². The first kappa shape index (κ1) is 20.6. The third kappa shape index (κ3) is 4.53. The average Bonchev–Trinajstić information content (AvgIpc) is 2.96. The summed E-state index contributed by atoms with van der Waals surface area (Å²) in [6.45, 7) is 4.56. The molecule has 0 spiro atoms. The number of likely N-dealkylation sites (tertiary alicyclic amines) is 1. The van der Waals surface area contributed by atoms with E-state index in [0.717, 1.165) is 23.8 Å². The minimum absolute atomic E-state index is 0.0136. The van der Waals surface area contributed by atoms with Gasteiger partial charge in [0, 0.05) is 26.3 Å². The molecule has 1 aromatic rings. The van der Waals surface area contributed by atoms with Crippen molar-refractivity contribution in [1.29, 1.82) is 0 Å². The minimum atomic E-state index is -3.69. The lowest BCUT2D eigenvalue weighted by atomic mass is 9.90. The number of nitrogens with one attached hydrogen (secondary N) is 1. The lowest BCUT2D eigenvalue weighted by molar-refractivity contribution is -0.117. The van der Waals surface area contributed by atoms with Crippen LogP contribution in [-0.2, 0) is 14.8 Å². The SMILES string of the molecule is COc1ccc(NC(=O)CN2CCC(C)(CN)C2)cc1S(=O)(=O)N(C)C. The molecule has 1 aliphatic heterocycles. The van der Waals surface area contributed by atoms with E-state index in [4.69, 9.17) is 10.5 Å².